The van der Waals surface area contributed by atoms with Crippen LogP contribution in [0.25, 0.3) is 0 Å². The standard InChI is InChI=1S/C12H13FN4O2/c1-17-7-15-11(16-17)6-14-5-9-4-8(12(18)19)2-3-10(9)13/h2-4,7,14H,5-6H2,1H3,(H,18,19). The van der Waals surface area contributed by atoms with Crippen LogP contribution in [0, 0.1) is 5.82 Å². The Balaban J connectivity index is 1.99. The van der Waals surface area contributed by atoms with Crippen LogP contribution in [0.3, 0.4) is 0 Å². The summed E-state index contributed by atoms with van der Waals surface area (Å²) < 4.78 is 15.1. The van der Waals surface area contributed by atoms with Crippen molar-refractivity contribution in [3.8, 4) is 0 Å². The number of rotatable bonds is 5. The van der Waals surface area contributed by atoms with E-state index in [1.165, 1.54) is 12.1 Å². The molecule has 1 aromatic carbocycles. The Morgan fingerprint density at radius 2 is 2.26 bits per heavy atom. The van der Waals surface area contributed by atoms with Crippen molar-refractivity contribution in [2.45, 2.75) is 13.1 Å². The molecule has 7 heteroatoms. The fraction of sp³-hybridized carbons (Fsp3) is 0.250. The molecular weight excluding hydrogens is 251 g/mol. The highest BCUT2D eigenvalue weighted by Gasteiger charge is 2.08. The van der Waals surface area contributed by atoms with Crippen molar-refractivity contribution >= 4 is 5.97 Å². The van der Waals surface area contributed by atoms with E-state index in [9.17, 15) is 9.18 Å². The lowest BCUT2D eigenvalue weighted by Crippen LogP contribution is -2.15. The summed E-state index contributed by atoms with van der Waals surface area (Å²) in [5.41, 5.74) is 0.366. The second kappa shape index (κ2) is 5.57. The number of aryl methyl sites for hydroxylation is 1. The summed E-state index contributed by atoms with van der Waals surface area (Å²) in [5.74, 6) is -0.920. The molecule has 0 saturated carbocycles. The van der Waals surface area contributed by atoms with E-state index in [0.29, 0.717) is 17.9 Å². The third-order valence-electron chi connectivity index (χ3n) is 2.54. The zero-order valence-corrected chi connectivity index (χ0v) is 10.3. The summed E-state index contributed by atoms with van der Waals surface area (Å²) in [6.45, 7) is 0.600. The van der Waals surface area contributed by atoms with Crippen LogP contribution in [-0.2, 0) is 20.1 Å². The highest BCUT2D eigenvalue weighted by molar-refractivity contribution is 5.87. The Morgan fingerprint density at radius 1 is 1.47 bits per heavy atom. The molecule has 1 aromatic heterocycles. The van der Waals surface area contributed by atoms with Gasteiger partial charge in [0.2, 0.25) is 0 Å². The number of carboxylic acids is 1. The molecule has 0 aliphatic rings. The van der Waals surface area contributed by atoms with E-state index in [0.717, 1.165) is 6.07 Å². The first-order valence-electron chi connectivity index (χ1n) is 5.63. The van der Waals surface area contributed by atoms with Gasteiger partial charge in [0, 0.05) is 19.2 Å². The van der Waals surface area contributed by atoms with Crippen LogP contribution in [0.15, 0.2) is 24.5 Å². The Kier molecular flexibility index (Phi) is 3.86. The van der Waals surface area contributed by atoms with Gasteiger partial charge in [0.15, 0.2) is 5.82 Å². The van der Waals surface area contributed by atoms with Crippen molar-refractivity contribution in [3.63, 3.8) is 0 Å². The highest BCUT2D eigenvalue weighted by Crippen LogP contribution is 2.10. The molecule has 2 aromatic rings. The van der Waals surface area contributed by atoms with E-state index < -0.39 is 11.8 Å². The van der Waals surface area contributed by atoms with Crippen LogP contribution in [0.5, 0.6) is 0 Å². The fourth-order valence-corrected chi connectivity index (χ4v) is 1.62. The van der Waals surface area contributed by atoms with Gasteiger partial charge in [-0.25, -0.2) is 14.2 Å². The third-order valence-corrected chi connectivity index (χ3v) is 2.54. The molecule has 0 spiro atoms. The maximum Gasteiger partial charge on any atom is 0.335 e. The number of halogens is 1. The maximum atomic E-state index is 13.5. The molecule has 0 radical (unpaired) electrons. The minimum Gasteiger partial charge on any atom is -0.478 e. The van der Waals surface area contributed by atoms with Gasteiger partial charge in [-0.15, -0.1) is 0 Å². The number of aromatic carboxylic acids is 1. The SMILES string of the molecule is Cn1cnc(CNCc2cc(C(=O)O)ccc2F)n1. The lowest BCUT2D eigenvalue weighted by atomic mass is 10.1. The maximum absolute atomic E-state index is 13.5. The average Bonchev–Trinajstić information content (AvgIpc) is 2.77. The first kappa shape index (κ1) is 13.2. The molecule has 0 aliphatic heterocycles. The van der Waals surface area contributed by atoms with Crippen LogP contribution in [0.2, 0.25) is 0 Å². The smallest absolute Gasteiger partial charge is 0.335 e. The first-order chi connectivity index (χ1) is 9.06. The Morgan fingerprint density at radius 3 is 2.89 bits per heavy atom. The zero-order chi connectivity index (χ0) is 13.8. The number of carboxylic acid groups (broad SMARTS) is 1. The van der Waals surface area contributed by atoms with Crippen molar-refractivity contribution < 1.29 is 14.3 Å². The topological polar surface area (TPSA) is 80.0 Å². The molecule has 0 saturated heterocycles. The Hall–Kier alpha value is -2.28. The Labute approximate surface area is 108 Å². The lowest BCUT2D eigenvalue weighted by Gasteiger charge is -2.05. The number of hydrogen-bond donors (Lipinski definition) is 2. The van der Waals surface area contributed by atoms with Crippen LogP contribution in [0.4, 0.5) is 4.39 Å². The number of nitrogens with zero attached hydrogens (tertiary/aromatic N) is 3. The second-order valence-corrected chi connectivity index (χ2v) is 4.05. The van der Waals surface area contributed by atoms with Gasteiger partial charge in [0.05, 0.1) is 12.1 Å². The molecule has 0 amide bonds. The van der Waals surface area contributed by atoms with E-state index in [1.54, 1.807) is 18.1 Å². The molecule has 0 atom stereocenters. The molecule has 0 fully saturated rings. The monoisotopic (exact) mass is 264 g/mol. The fourth-order valence-electron chi connectivity index (χ4n) is 1.62. The molecule has 0 bridgehead atoms. The van der Waals surface area contributed by atoms with Gasteiger partial charge in [-0.2, -0.15) is 5.10 Å². The molecule has 19 heavy (non-hydrogen) atoms. The predicted octanol–water partition coefficient (Wildman–Crippen LogP) is 0.942. The van der Waals surface area contributed by atoms with Crippen molar-refractivity contribution in [1.29, 1.82) is 0 Å². The molecule has 2 N–H and O–H groups in total. The molecule has 1 heterocycles. The first-order valence-corrected chi connectivity index (χ1v) is 5.63. The zero-order valence-electron chi connectivity index (χ0n) is 10.3. The van der Waals surface area contributed by atoms with E-state index >= 15 is 0 Å². The van der Waals surface area contributed by atoms with E-state index in [-0.39, 0.29) is 12.1 Å². The van der Waals surface area contributed by atoms with Gasteiger partial charge in [-0.1, -0.05) is 0 Å². The molecule has 100 valence electrons. The minimum atomic E-state index is -1.08. The summed E-state index contributed by atoms with van der Waals surface area (Å²) in [4.78, 5) is 14.8. The molecule has 0 aliphatic carbocycles. The van der Waals surface area contributed by atoms with Crippen LogP contribution < -0.4 is 5.32 Å². The van der Waals surface area contributed by atoms with Gasteiger partial charge in [-0.05, 0) is 18.2 Å². The summed E-state index contributed by atoms with van der Waals surface area (Å²) in [5, 5.41) is 15.9. The van der Waals surface area contributed by atoms with Gasteiger partial charge in [-0.3, -0.25) is 4.68 Å². The number of hydrogen-bond acceptors (Lipinski definition) is 4. The number of nitrogens with one attached hydrogen (secondary N) is 1. The molecule has 6 nitrogen and oxygen atoms in total. The van der Waals surface area contributed by atoms with E-state index in [4.69, 9.17) is 5.11 Å². The second-order valence-electron chi connectivity index (χ2n) is 4.05. The van der Waals surface area contributed by atoms with Crippen molar-refractivity contribution in [3.05, 3.63) is 47.3 Å². The minimum absolute atomic E-state index is 0.0640. The van der Waals surface area contributed by atoms with Crippen LogP contribution in [0.1, 0.15) is 21.7 Å². The van der Waals surface area contributed by atoms with Crippen LogP contribution in [-0.4, -0.2) is 25.8 Å². The largest absolute Gasteiger partial charge is 0.478 e. The normalized spacial score (nSPS) is 10.6. The quantitative estimate of drug-likeness (QED) is 0.840. The van der Waals surface area contributed by atoms with Gasteiger partial charge >= 0.3 is 5.97 Å². The number of benzene rings is 1. The van der Waals surface area contributed by atoms with Gasteiger partial charge in [0.1, 0.15) is 12.1 Å². The Bertz CT molecular complexity index is 597. The summed E-state index contributed by atoms with van der Waals surface area (Å²) in [7, 11) is 1.76. The van der Waals surface area contributed by atoms with Crippen molar-refractivity contribution in [1.82, 2.24) is 20.1 Å². The third kappa shape index (κ3) is 3.35. The van der Waals surface area contributed by atoms with E-state index in [2.05, 4.69) is 15.4 Å². The summed E-state index contributed by atoms with van der Waals surface area (Å²) in [6.07, 6.45) is 1.57. The lowest BCUT2D eigenvalue weighted by molar-refractivity contribution is 0.0696. The van der Waals surface area contributed by atoms with Gasteiger partial charge in [0.25, 0.3) is 0 Å². The number of carbonyl (C=O) groups is 1. The summed E-state index contributed by atoms with van der Waals surface area (Å²) in [6, 6.07) is 3.71. The van der Waals surface area contributed by atoms with Crippen molar-refractivity contribution in [2.75, 3.05) is 0 Å². The highest BCUT2D eigenvalue weighted by atomic mass is 19.1. The van der Waals surface area contributed by atoms with Crippen LogP contribution >= 0.6 is 0 Å². The van der Waals surface area contributed by atoms with Crippen molar-refractivity contribution in [2.24, 2.45) is 7.05 Å². The number of aromatic nitrogens is 3. The van der Waals surface area contributed by atoms with E-state index in [1.807, 2.05) is 0 Å². The average molecular weight is 264 g/mol. The van der Waals surface area contributed by atoms with Gasteiger partial charge < -0.3 is 10.4 Å². The molecular formula is C12H13FN4O2. The predicted molar refractivity (Wildman–Crippen MR) is 64.9 cm³/mol. The molecule has 0 unspecified atom stereocenters. The molecule has 2 rings (SSSR count). The summed E-state index contributed by atoms with van der Waals surface area (Å²) >= 11 is 0.